The molecule has 17 heavy (non-hydrogen) atoms. The lowest BCUT2D eigenvalue weighted by Crippen LogP contribution is -2.27. The van der Waals surface area contributed by atoms with Crippen LogP contribution in [0.4, 0.5) is 19.0 Å². The second-order valence-electron chi connectivity index (χ2n) is 3.19. The van der Waals surface area contributed by atoms with Crippen molar-refractivity contribution in [2.45, 2.75) is 19.1 Å². The number of hydrogen-bond acceptors (Lipinski definition) is 5. The van der Waals surface area contributed by atoms with Crippen LogP contribution in [0.1, 0.15) is 12.6 Å². The van der Waals surface area contributed by atoms with E-state index in [1.807, 2.05) is 0 Å². The monoisotopic (exact) mass is 249 g/mol. The van der Waals surface area contributed by atoms with Crippen molar-refractivity contribution in [1.82, 2.24) is 10.2 Å². The van der Waals surface area contributed by atoms with Crippen LogP contribution in [-0.2, 0) is 15.7 Å². The summed E-state index contributed by atoms with van der Waals surface area (Å²) < 4.78 is 40.9. The Bertz CT molecular complexity index is 391. The van der Waals surface area contributed by atoms with Crippen LogP contribution in [0.15, 0.2) is 12.1 Å². The van der Waals surface area contributed by atoms with Crippen LogP contribution in [0.2, 0.25) is 0 Å². The molecule has 0 saturated carbocycles. The van der Waals surface area contributed by atoms with Gasteiger partial charge in [-0.05, 0) is 19.1 Å². The Balaban J connectivity index is 2.72. The van der Waals surface area contributed by atoms with E-state index in [1.165, 1.54) is 14.0 Å². The fraction of sp³-hybridized carbons (Fsp3) is 0.444. The van der Waals surface area contributed by atoms with Crippen LogP contribution >= 0.6 is 0 Å². The first-order valence-electron chi connectivity index (χ1n) is 4.60. The maximum Gasteiger partial charge on any atom is 0.435 e. The van der Waals surface area contributed by atoms with Crippen molar-refractivity contribution in [1.29, 1.82) is 0 Å². The SMILES string of the molecule is COC(=O)C(C)Nc1ccc(C(F)(F)F)nn1. The molecule has 1 heterocycles. The van der Waals surface area contributed by atoms with E-state index in [1.54, 1.807) is 0 Å². The molecule has 1 N–H and O–H groups in total. The van der Waals surface area contributed by atoms with E-state index < -0.39 is 23.9 Å². The number of halogens is 3. The molecule has 5 nitrogen and oxygen atoms in total. The molecule has 0 aromatic carbocycles. The maximum atomic E-state index is 12.2. The van der Waals surface area contributed by atoms with Gasteiger partial charge < -0.3 is 10.1 Å². The van der Waals surface area contributed by atoms with Gasteiger partial charge in [0.15, 0.2) is 5.69 Å². The predicted molar refractivity (Wildman–Crippen MR) is 52.1 cm³/mol. The molecule has 0 saturated heterocycles. The van der Waals surface area contributed by atoms with Crippen molar-refractivity contribution in [3.05, 3.63) is 17.8 Å². The quantitative estimate of drug-likeness (QED) is 0.822. The van der Waals surface area contributed by atoms with E-state index in [4.69, 9.17) is 0 Å². The van der Waals surface area contributed by atoms with E-state index in [0.29, 0.717) is 0 Å². The van der Waals surface area contributed by atoms with Gasteiger partial charge in [0.25, 0.3) is 0 Å². The fourth-order valence-corrected chi connectivity index (χ4v) is 1.02. The predicted octanol–water partition coefficient (Wildman–Crippen LogP) is 1.47. The van der Waals surface area contributed by atoms with E-state index in [-0.39, 0.29) is 5.82 Å². The Morgan fingerprint density at radius 3 is 2.47 bits per heavy atom. The van der Waals surface area contributed by atoms with Crippen LogP contribution < -0.4 is 5.32 Å². The number of anilines is 1. The molecule has 0 aliphatic rings. The van der Waals surface area contributed by atoms with Gasteiger partial charge in [0.05, 0.1) is 7.11 Å². The summed E-state index contributed by atoms with van der Waals surface area (Å²) in [7, 11) is 1.21. The summed E-state index contributed by atoms with van der Waals surface area (Å²) in [5, 5.41) is 8.87. The molecular formula is C9H10F3N3O2. The summed E-state index contributed by atoms with van der Waals surface area (Å²) in [6.45, 7) is 1.49. The van der Waals surface area contributed by atoms with Crippen molar-refractivity contribution in [3.8, 4) is 0 Å². The average Bonchev–Trinajstić information content (AvgIpc) is 2.27. The number of rotatable bonds is 3. The van der Waals surface area contributed by atoms with Gasteiger partial charge in [-0.15, -0.1) is 10.2 Å². The molecule has 0 radical (unpaired) electrons. The highest BCUT2D eigenvalue weighted by molar-refractivity contribution is 5.78. The minimum Gasteiger partial charge on any atom is -0.467 e. The molecule has 0 bridgehead atoms. The standard InChI is InChI=1S/C9H10F3N3O2/c1-5(8(16)17-2)13-7-4-3-6(14-15-7)9(10,11)12/h3-5H,1-2H3,(H,13,15). The van der Waals surface area contributed by atoms with Gasteiger partial charge in [-0.2, -0.15) is 13.2 Å². The van der Waals surface area contributed by atoms with Crippen molar-refractivity contribution in [2.75, 3.05) is 12.4 Å². The summed E-state index contributed by atoms with van der Waals surface area (Å²) in [5.41, 5.74) is -1.09. The lowest BCUT2D eigenvalue weighted by molar-refractivity contribution is -0.142. The average molecular weight is 249 g/mol. The second-order valence-corrected chi connectivity index (χ2v) is 3.19. The summed E-state index contributed by atoms with van der Waals surface area (Å²) >= 11 is 0. The molecule has 0 amide bonds. The molecule has 0 aliphatic carbocycles. The number of nitrogens with one attached hydrogen (secondary N) is 1. The van der Waals surface area contributed by atoms with Gasteiger partial charge in [0, 0.05) is 0 Å². The number of ether oxygens (including phenoxy) is 1. The van der Waals surface area contributed by atoms with Crippen LogP contribution in [0.25, 0.3) is 0 Å². The lowest BCUT2D eigenvalue weighted by Gasteiger charge is -2.12. The first kappa shape index (κ1) is 13.2. The lowest BCUT2D eigenvalue weighted by atomic mass is 10.3. The first-order chi connectivity index (χ1) is 7.84. The van der Waals surface area contributed by atoms with Gasteiger partial charge in [0.2, 0.25) is 0 Å². The van der Waals surface area contributed by atoms with Crippen molar-refractivity contribution in [2.24, 2.45) is 0 Å². The second kappa shape index (κ2) is 4.98. The zero-order valence-corrected chi connectivity index (χ0v) is 9.08. The molecular weight excluding hydrogens is 239 g/mol. The molecule has 1 atom stereocenters. The summed E-state index contributed by atoms with van der Waals surface area (Å²) in [6.07, 6.45) is -4.53. The Kier molecular flexibility index (Phi) is 3.87. The zero-order chi connectivity index (χ0) is 13.1. The van der Waals surface area contributed by atoms with Crippen molar-refractivity contribution >= 4 is 11.8 Å². The zero-order valence-electron chi connectivity index (χ0n) is 9.08. The van der Waals surface area contributed by atoms with Gasteiger partial charge in [-0.1, -0.05) is 0 Å². The molecule has 1 aromatic heterocycles. The number of carbonyl (C=O) groups is 1. The van der Waals surface area contributed by atoms with Crippen LogP contribution in [0, 0.1) is 0 Å². The number of alkyl halides is 3. The Hall–Kier alpha value is -1.86. The van der Waals surface area contributed by atoms with E-state index in [9.17, 15) is 18.0 Å². The smallest absolute Gasteiger partial charge is 0.435 e. The highest BCUT2D eigenvalue weighted by Gasteiger charge is 2.32. The van der Waals surface area contributed by atoms with Crippen LogP contribution in [0.5, 0.6) is 0 Å². The molecule has 1 unspecified atom stereocenters. The molecule has 8 heteroatoms. The largest absolute Gasteiger partial charge is 0.467 e. The van der Waals surface area contributed by atoms with Gasteiger partial charge in [-0.3, -0.25) is 0 Å². The third-order valence-corrected chi connectivity index (χ3v) is 1.87. The van der Waals surface area contributed by atoms with Gasteiger partial charge >= 0.3 is 12.1 Å². The van der Waals surface area contributed by atoms with E-state index in [0.717, 1.165) is 12.1 Å². The summed E-state index contributed by atoms with van der Waals surface area (Å²) in [4.78, 5) is 11.0. The van der Waals surface area contributed by atoms with Gasteiger partial charge in [0.1, 0.15) is 11.9 Å². The molecule has 0 aliphatic heterocycles. The van der Waals surface area contributed by atoms with Crippen LogP contribution in [-0.4, -0.2) is 29.3 Å². The molecule has 0 fully saturated rings. The maximum absolute atomic E-state index is 12.2. The number of nitrogens with zero attached hydrogens (tertiary/aromatic N) is 2. The highest BCUT2D eigenvalue weighted by atomic mass is 19.4. The molecule has 94 valence electrons. The topological polar surface area (TPSA) is 64.1 Å². The molecule has 1 rings (SSSR count). The normalized spacial score (nSPS) is 13.0. The molecule has 1 aromatic rings. The summed E-state index contributed by atoms with van der Waals surface area (Å²) in [6, 6.07) is 1.15. The molecule has 0 spiro atoms. The van der Waals surface area contributed by atoms with E-state index in [2.05, 4.69) is 20.3 Å². The third kappa shape index (κ3) is 3.58. The Morgan fingerprint density at radius 2 is 2.06 bits per heavy atom. The number of methoxy groups -OCH3 is 1. The van der Waals surface area contributed by atoms with E-state index >= 15 is 0 Å². The highest BCUT2D eigenvalue weighted by Crippen LogP contribution is 2.27. The Morgan fingerprint density at radius 1 is 1.41 bits per heavy atom. The first-order valence-corrected chi connectivity index (χ1v) is 4.60. The minimum atomic E-state index is -4.53. The van der Waals surface area contributed by atoms with Crippen molar-refractivity contribution < 1.29 is 22.7 Å². The number of hydrogen-bond donors (Lipinski definition) is 1. The van der Waals surface area contributed by atoms with Crippen molar-refractivity contribution in [3.63, 3.8) is 0 Å². The fourth-order valence-electron chi connectivity index (χ4n) is 1.02. The summed E-state index contributed by atoms with van der Waals surface area (Å²) in [5.74, 6) is -0.484. The Labute approximate surface area is 95.0 Å². The van der Waals surface area contributed by atoms with Gasteiger partial charge in [-0.25, -0.2) is 4.79 Å². The third-order valence-electron chi connectivity index (χ3n) is 1.87. The van der Waals surface area contributed by atoms with Crippen LogP contribution in [0.3, 0.4) is 0 Å². The minimum absolute atomic E-state index is 0.0656. The number of carbonyl (C=O) groups excluding carboxylic acids is 1. The number of esters is 1. The number of aromatic nitrogens is 2.